The van der Waals surface area contributed by atoms with Crippen molar-refractivity contribution in [1.82, 2.24) is 5.32 Å². The Labute approximate surface area is 96.5 Å². The van der Waals surface area contributed by atoms with Gasteiger partial charge in [-0.05, 0) is 6.07 Å². The Kier molecular flexibility index (Phi) is 3.12. The maximum absolute atomic E-state index is 13.4. The van der Waals surface area contributed by atoms with Crippen molar-refractivity contribution in [1.29, 1.82) is 0 Å². The average Bonchev–Trinajstić information content (AvgIpc) is 2.34. The summed E-state index contributed by atoms with van der Waals surface area (Å²) in [4.78, 5) is 11.1. The number of benzene rings is 1. The van der Waals surface area contributed by atoms with Crippen molar-refractivity contribution in [3.05, 3.63) is 29.3 Å². The Morgan fingerprint density at radius 1 is 1.53 bits per heavy atom. The molecule has 17 heavy (non-hydrogen) atoms. The first-order valence-electron chi connectivity index (χ1n) is 5.08. The summed E-state index contributed by atoms with van der Waals surface area (Å²) in [6.45, 7) is 0.210. The molecule has 2 rings (SSSR count). The molecule has 6 heteroatoms. The van der Waals surface area contributed by atoms with Crippen LogP contribution in [0.25, 0.3) is 0 Å². The first-order chi connectivity index (χ1) is 8.13. The second-order valence-corrected chi connectivity index (χ2v) is 3.61. The molecule has 1 atom stereocenters. The molecular weight excluding hydrogens is 232 g/mol. The minimum atomic E-state index is -1.03. The number of fused-ring (bicyclic) bond motifs is 1. The van der Waals surface area contributed by atoms with Gasteiger partial charge < -0.3 is 14.8 Å². The first-order valence-corrected chi connectivity index (χ1v) is 5.08. The molecule has 1 amide bonds. The van der Waals surface area contributed by atoms with E-state index in [-0.39, 0.29) is 12.4 Å². The fourth-order valence-electron chi connectivity index (χ4n) is 1.75. The maximum Gasteiger partial charge on any atom is 0.407 e. The molecule has 0 saturated heterocycles. The normalized spacial score (nSPS) is 17.9. The largest absolute Gasteiger partial charge is 0.490 e. The quantitative estimate of drug-likeness (QED) is 0.822. The SMILES string of the molecule is COC(=O)NC1CCOc2c1ccc(F)c2F. The van der Waals surface area contributed by atoms with E-state index in [4.69, 9.17) is 4.74 Å². The molecule has 0 bridgehead atoms. The second-order valence-electron chi connectivity index (χ2n) is 3.61. The second kappa shape index (κ2) is 4.57. The third-order valence-corrected chi connectivity index (χ3v) is 2.59. The highest BCUT2D eigenvalue weighted by Crippen LogP contribution is 2.35. The van der Waals surface area contributed by atoms with E-state index in [1.54, 1.807) is 0 Å². The number of ether oxygens (including phenoxy) is 2. The minimum Gasteiger partial charge on any atom is -0.490 e. The van der Waals surface area contributed by atoms with E-state index >= 15 is 0 Å². The number of nitrogens with one attached hydrogen (secondary N) is 1. The minimum absolute atomic E-state index is 0.141. The molecule has 0 aromatic heterocycles. The van der Waals surface area contributed by atoms with Gasteiger partial charge in [0, 0.05) is 12.0 Å². The van der Waals surface area contributed by atoms with Crippen molar-refractivity contribution in [3.63, 3.8) is 0 Å². The summed E-state index contributed by atoms with van der Waals surface area (Å²) in [5, 5.41) is 2.54. The fourth-order valence-corrected chi connectivity index (χ4v) is 1.75. The van der Waals surface area contributed by atoms with Gasteiger partial charge in [-0.15, -0.1) is 0 Å². The van der Waals surface area contributed by atoms with Crippen LogP contribution >= 0.6 is 0 Å². The van der Waals surface area contributed by atoms with Gasteiger partial charge in [0.05, 0.1) is 19.8 Å². The number of rotatable bonds is 1. The summed E-state index contributed by atoms with van der Waals surface area (Å²) in [5.74, 6) is -2.14. The molecule has 1 aromatic carbocycles. The molecular formula is C11H11F2NO3. The molecule has 0 fully saturated rings. The average molecular weight is 243 g/mol. The van der Waals surface area contributed by atoms with Gasteiger partial charge >= 0.3 is 6.09 Å². The zero-order valence-corrected chi connectivity index (χ0v) is 9.13. The van der Waals surface area contributed by atoms with Gasteiger partial charge in [-0.1, -0.05) is 6.07 Å². The lowest BCUT2D eigenvalue weighted by molar-refractivity contribution is 0.160. The topological polar surface area (TPSA) is 47.6 Å². The van der Waals surface area contributed by atoms with Crippen LogP contribution in [0.4, 0.5) is 13.6 Å². The molecule has 1 aliphatic rings. The van der Waals surface area contributed by atoms with Crippen LogP contribution in [-0.4, -0.2) is 19.8 Å². The third kappa shape index (κ3) is 2.15. The van der Waals surface area contributed by atoms with Crippen LogP contribution in [0.1, 0.15) is 18.0 Å². The summed E-state index contributed by atoms with van der Waals surface area (Å²) in [5.41, 5.74) is 0.417. The summed E-state index contributed by atoms with van der Waals surface area (Å²) >= 11 is 0. The number of methoxy groups -OCH3 is 1. The lowest BCUT2D eigenvalue weighted by Crippen LogP contribution is -2.32. The lowest BCUT2D eigenvalue weighted by Gasteiger charge is -2.26. The van der Waals surface area contributed by atoms with Gasteiger partial charge in [-0.3, -0.25) is 0 Å². The fraction of sp³-hybridized carbons (Fsp3) is 0.364. The predicted molar refractivity (Wildman–Crippen MR) is 54.8 cm³/mol. The van der Waals surface area contributed by atoms with Crippen molar-refractivity contribution < 1.29 is 23.0 Å². The number of carbonyl (C=O) groups is 1. The van der Waals surface area contributed by atoms with E-state index < -0.39 is 23.8 Å². The van der Waals surface area contributed by atoms with E-state index in [2.05, 4.69) is 10.1 Å². The third-order valence-electron chi connectivity index (χ3n) is 2.59. The van der Waals surface area contributed by atoms with Crippen molar-refractivity contribution in [2.75, 3.05) is 13.7 Å². The van der Waals surface area contributed by atoms with Crippen molar-refractivity contribution in [3.8, 4) is 5.75 Å². The van der Waals surface area contributed by atoms with Gasteiger partial charge in [0.1, 0.15) is 0 Å². The smallest absolute Gasteiger partial charge is 0.407 e. The summed E-state index contributed by atoms with van der Waals surface area (Å²) in [6.07, 6.45) is -0.139. The molecule has 0 aliphatic carbocycles. The van der Waals surface area contributed by atoms with Gasteiger partial charge in [0.2, 0.25) is 5.82 Å². The number of carbonyl (C=O) groups excluding carboxylic acids is 1. The van der Waals surface area contributed by atoms with Gasteiger partial charge in [0.25, 0.3) is 0 Å². The molecule has 0 saturated carbocycles. The molecule has 4 nitrogen and oxygen atoms in total. The zero-order valence-electron chi connectivity index (χ0n) is 9.13. The molecule has 1 unspecified atom stereocenters. The lowest BCUT2D eigenvalue weighted by atomic mass is 10.0. The van der Waals surface area contributed by atoms with E-state index in [0.717, 1.165) is 6.07 Å². The number of amides is 1. The Bertz CT molecular complexity index is 451. The van der Waals surface area contributed by atoms with Crippen LogP contribution < -0.4 is 10.1 Å². The highest BCUT2D eigenvalue weighted by molar-refractivity contribution is 5.68. The number of hydrogen-bond acceptors (Lipinski definition) is 3. The van der Waals surface area contributed by atoms with Gasteiger partial charge in [0.15, 0.2) is 11.6 Å². The van der Waals surface area contributed by atoms with Crippen molar-refractivity contribution >= 4 is 6.09 Å². The molecule has 0 spiro atoms. The number of hydrogen-bond donors (Lipinski definition) is 1. The predicted octanol–water partition coefficient (Wildman–Crippen LogP) is 2.14. The number of halogens is 2. The Balaban J connectivity index is 2.32. The standard InChI is InChI=1S/C11H11F2NO3/c1-16-11(15)14-8-4-5-17-10-6(8)2-3-7(12)9(10)13/h2-3,8H,4-5H2,1H3,(H,14,15). The van der Waals surface area contributed by atoms with Crippen LogP contribution in [0, 0.1) is 11.6 Å². The monoisotopic (exact) mass is 243 g/mol. The Morgan fingerprint density at radius 3 is 3.00 bits per heavy atom. The van der Waals surface area contributed by atoms with Crippen LogP contribution in [0.5, 0.6) is 5.75 Å². The number of alkyl carbamates (subject to hydrolysis) is 1. The van der Waals surface area contributed by atoms with Crippen LogP contribution in [0.3, 0.4) is 0 Å². The molecule has 92 valence electrons. The maximum atomic E-state index is 13.4. The molecule has 1 aliphatic heterocycles. The van der Waals surface area contributed by atoms with Gasteiger partial charge in [-0.2, -0.15) is 4.39 Å². The van der Waals surface area contributed by atoms with Crippen LogP contribution in [0.2, 0.25) is 0 Å². The van der Waals surface area contributed by atoms with Crippen LogP contribution in [-0.2, 0) is 4.74 Å². The van der Waals surface area contributed by atoms with Crippen molar-refractivity contribution in [2.45, 2.75) is 12.5 Å². The van der Waals surface area contributed by atoms with E-state index in [9.17, 15) is 13.6 Å². The molecule has 1 N–H and O–H groups in total. The summed E-state index contributed by atoms with van der Waals surface area (Å²) in [6, 6.07) is 1.98. The summed E-state index contributed by atoms with van der Waals surface area (Å²) < 4.78 is 36.0. The molecule has 0 radical (unpaired) electrons. The molecule has 1 heterocycles. The highest BCUT2D eigenvalue weighted by Gasteiger charge is 2.27. The van der Waals surface area contributed by atoms with E-state index in [1.807, 2.05) is 0 Å². The summed E-state index contributed by atoms with van der Waals surface area (Å²) in [7, 11) is 1.24. The first kappa shape index (κ1) is 11.6. The Hall–Kier alpha value is -1.85. The highest BCUT2D eigenvalue weighted by atomic mass is 19.2. The van der Waals surface area contributed by atoms with Crippen LogP contribution in [0.15, 0.2) is 12.1 Å². The zero-order chi connectivity index (χ0) is 12.4. The van der Waals surface area contributed by atoms with Gasteiger partial charge in [-0.25, -0.2) is 9.18 Å². The van der Waals surface area contributed by atoms with E-state index in [0.29, 0.717) is 12.0 Å². The van der Waals surface area contributed by atoms with Crippen molar-refractivity contribution in [2.24, 2.45) is 0 Å². The molecule has 1 aromatic rings. The Morgan fingerprint density at radius 2 is 2.29 bits per heavy atom. The van der Waals surface area contributed by atoms with E-state index in [1.165, 1.54) is 13.2 Å².